The molecule has 1 N–H and O–H groups in total. The molecule has 0 fully saturated rings. The molecule has 0 bridgehead atoms. The molecule has 0 heterocycles. The van der Waals surface area contributed by atoms with Gasteiger partial charge in [-0.15, -0.1) is 0 Å². The van der Waals surface area contributed by atoms with Gasteiger partial charge in [0.1, 0.15) is 24.1 Å². The van der Waals surface area contributed by atoms with Crippen LogP contribution in [0.5, 0.6) is 11.5 Å². The number of methoxy groups -OCH3 is 1. The Morgan fingerprint density at radius 1 is 0.875 bits per heavy atom. The molecule has 0 aliphatic rings. The molecule has 0 aromatic heterocycles. The number of sulfonamides is 1. The van der Waals surface area contributed by atoms with Gasteiger partial charge in [-0.2, -0.15) is 0 Å². The van der Waals surface area contributed by atoms with E-state index in [-0.39, 0.29) is 36.1 Å². The van der Waals surface area contributed by atoms with Gasteiger partial charge < -0.3 is 19.7 Å². The first-order chi connectivity index (χ1) is 23.2. The number of unbranched alkanes of at least 4 members (excludes halogenated alkanes) is 1. The van der Waals surface area contributed by atoms with Crippen molar-refractivity contribution in [3.05, 3.63) is 119 Å². The summed E-state index contributed by atoms with van der Waals surface area (Å²) < 4.78 is 41.0. The number of carbonyl (C=O) groups excluding carboxylic acids is 2. The van der Waals surface area contributed by atoms with Crippen LogP contribution in [-0.4, -0.2) is 58.0 Å². The van der Waals surface area contributed by atoms with Crippen LogP contribution in [0.3, 0.4) is 0 Å². The standard InChI is InChI=1S/C37H42ClN3O6S/c1-4-6-23-39-37(43)34(25-28-13-8-7-9-14-28)40(26-29-15-12-16-31(24-29)46-3)36(42)27-41(33-17-10-11-18-35(33)47-5-2)48(44,45)32-21-19-30(38)20-22-32/h7-22,24,34H,4-6,23,25-27H2,1-3H3,(H,39,43)/t34-/m0/s1. The maximum absolute atomic E-state index is 14.7. The van der Waals surface area contributed by atoms with Crippen molar-refractivity contribution >= 4 is 39.1 Å². The van der Waals surface area contributed by atoms with Crippen LogP contribution in [0, 0.1) is 0 Å². The topological polar surface area (TPSA) is 105 Å². The Morgan fingerprint density at radius 3 is 2.25 bits per heavy atom. The van der Waals surface area contributed by atoms with Crippen LogP contribution in [-0.2, 0) is 32.6 Å². The summed E-state index contributed by atoms with van der Waals surface area (Å²) in [6.07, 6.45) is 1.87. The van der Waals surface area contributed by atoms with Crippen molar-refractivity contribution in [2.75, 3.05) is 31.1 Å². The van der Waals surface area contributed by atoms with Gasteiger partial charge in [-0.1, -0.05) is 79.5 Å². The monoisotopic (exact) mass is 691 g/mol. The van der Waals surface area contributed by atoms with Gasteiger partial charge in [0.15, 0.2) is 0 Å². The van der Waals surface area contributed by atoms with Crippen LogP contribution in [0.4, 0.5) is 5.69 Å². The summed E-state index contributed by atoms with van der Waals surface area (Å²) in [5, 5.41) is 3.37. The lowest BCUT2D eigenvalue weighted by molar-refractivity contribution is -0.140. The van der Waals surface area contributed by atoms with Crippen molar-refractivity contribution in [1.82, 2.24) is 10.2 Å². The van der Waals surface area contributed by atoms with E-state index in [4.69, 9.17) is 21.1 Å². The third-order valence-electron chi connectivity index (χ3n) is 7.70. The molecule has 0 spiro atoms. The van der Waals surface area contributed by atoms with Crippen molar-refractivity contribution in [2.45, 2.75) is 50.6 Å². The molecule has 0 radical (unpaired) electrons. The first kappa shape index (κ1) is 36.3. The second-order valence-corrected chi connectivity index (χ2v) is 13.4. The molecule has 4 rings (SSSR count). The van der Waals surface area contributed by atoms with Gasteiger partial charge in [-0.25, -0.2) is 8.42 Å². The van der Waals surface area contributed by atoms with Gasteiger partial charge in [-0.05, 0) is 73.0 Å². The Labute approximate surface area is 288 Å². The SMILES string of the molecule is CCCCNC(=O)[C@H](Cc1ccccc1)N(Cc1cccc(OC)c1)C(=O)CN(c1ccccc1OCC)S(=O)(=O)c1ccc(Cl)cc1. The quantitative estimate of drug-likeness (QED) is 0.127. The summed E-state index contributed by atoms with van der Waals surface area (Å²) in [4.78, 5) is 30.0. The van der Waals surface area contributed by atoms with Crippen LogP contribution >= 0.6 is 11.6 Å². The van der Waals surface area contributed by atoms with Crippen LogP contribution in [0.25, 0.3) is 0 Å². The van der Waals surface area contributed by atoms with E-state index in [2.05, 4.69) is 5.32 Å². The minimum Gasteiger partial charge on any atom is -0.497 e. The highest BCUT2D eigenvalue weighted by Crippen LogP contribution is 2.33. The van der Waals surface area contributed by atoms with Crippen LogP contribution in [0.2, 0.25) is 5.02 Å². The zero-order chi connectivity index (χ0) is 34.5. The van der Waals surface area contributed by atoms with Crippen molar-refractivity contribution in [3.63, 3.8) is 0 Å². The Balaban J connectivity index is 1.83. The fourth-order valence-electron chi connectivity index (χ4n) is 5.22. The second kappa shape index (κ2) is 17.6. The number of carbonyl (C=O) groups is 2. The summed E-state index contributed by atoms with van der Waals surface area (Å²) in [7, 11) is -2.77. The second-order valence-electron chi connectivity index (χ2n) is 11.1. The number of hydrogen-bond donors (Lipinski definition) is 1. The molecule has 11 heteroatoms. The highest BCUT2D eigenvalue weighted by molar-refractivity contribution is 7.92. The van der Waals surface area contributed by atoms with E-state index in [1.807, 2.05) is 43.3 Å². The predicted molar refractivity (Wildman–Crippen MR) is 189 cm³/mol. The first-order valence-corrected chi connectivity index (χ1v) is 17.7. The average molecular weight is 692 g/mol. The highest BCUT2D eigenvalue weighted by atomic mass is 35.5. The van der Waals surface area contributed by atoms with Gasteiger partial charge in [0.05, 0.1) is 24.3 Å². The molecule has 254 valence electrons. The van der Waals surface area contributed by atoms with E-state index in [0.29, 0.717) is 28.6 Å². The van der Waals surface area contributed by atoms with E-state index < -0.39 is 28.5 Å². The number of rotatable bonds is 17. The Kier molecular flexibility index (Phi) is 13.3. The van der Waals surface area contributed by atoms with Gasteiger partial charge in [-0.3, -0.25) is 13.9 Å². The van der Waals surface area contributed by atoms with Gasteiger partial charge >= 0.3 is 0 Å². The molecule has 0 unspecified atom stereocenters. The number of ether oxygens (including phenoxy) is 2. The lowest BCUT2D eigenvalue weighted by Gasteiger charge is -2.34. The molecule has 0 saturated heterocycles. The summed E-state index contributed by atoms with van der Waals surface area (Å²) in [6.45, 7) is 3.96. The van der Waals surface area contributed by atoms with E-state index in [1.54, 1.807) is 56.5 Å². The molecular weight excluding hydrogens is 650 g/mol. The Bertz CT molecular complexity index is 1750. The molecule has 0 saturated carbocycles. The largest absolute Gasteiger partial charge is 0.497 e. The van der Waals surface area contributed by atoms with Gasteiger partial charge in [0.2, 0.25) is 11.8 Å². The highest BCUT2D eigenvalue weighted by Gasteiger charge is 2.35. The summed E-state index contributed by atoms with van der Waals surface area (Å²) >= 11 is 6.09. The van der Waals surface area contributed by atoms with Crippen LogP contribution in [0.15, 0.2) is 108 Å². The van der Waals surface area contributed by atoms with Crippen molar-refractivity contribution in [3.8, 4) is 11.5 Å². The summed E-state index contributed by atoms with van der Waals surface area (Å²) in [6, 6.07) is 28.1. The minimum atomic E-state index is -4.32. The summed E-state index contributed by atoms with van der Waals surface area (Å²) in [5.74, 6) is -0.0223. The third-order valence-corrected chi connectivity index (χ3v) is 9.73. The molecule has 0 aliphatic carbocycles. The third kappa shape index (κ3) is 9.51. The molecule has 2 amide bonds. The number of para-hydroxylation sites is 2. The number of anilines is 1. The molecule has 0 aliphatic heterocycles. The zero-order valence-corrected chi connectivity index (χ0v) is 29.0. The lowest BCUT2D eigenvalue weighted by Crippen LogP contribution is -2.53. The predicted octanol–water partition coefficient (Wildman–Crippen LogP) is 6.50. The molecule has 4 aromatic carbocycles. The average Bonchev–Trinajstić information content (AvgIpc) is 3.10. The zero-order valence-electron chi connectivity index (χ0n) is 27.5. The number of hydrogen-bond acceptors (Lipinski definition) is 6. The fraction of sp³-hybridized carbons (Fsp3) is 0.297. The van der Waals surface area contributed by atoms with E-state index in [9.17, 15) is 18.0 Å². The molecular formula is C37H42ClN3O6S. The van der Waals surface area contributed by atoms with E-state index in [0.717, 1.165) is 22.7 Å². The first-order valence-electron chi connectivity index (χ1n) is 15.9. The molecule has 1 atom stereocenters. The number of halogens is 1. The smallest absolute Gasteiger partial charge is 0.264 e. The van der Waals surface area contributed by atoms with Gasteiger partial charge in [0.25, 0.3) is 10.0 Å². The van der Waals surface area contributed by atoms with E-state index >= 15 is 0 Å². The molecule has 48 heavy (non-hydrogen) atoms. The molecule has 9 nitrogen and oxygen atoms in total. The Hall–Kier alpha value is -4.54. The van der Waals surface area contributed by atoms with Gasteiger partial charge in [0, 0.05) is 24.5 Å². The van der Waals surface area contributed by atoms with Crippen molar-refractivity contribution < 1.29 is 27.5 Å². The maximum Gasteiger partial charge on any atom is 0.264 e. The van der Waals surface area contributed by atoms with Crippen molar-refractivity contribution in [2.24, 2.45) is 0 Å². The van der Waals surface area contributed by atoms with Crippen molar-refractivity contribution in [1.29, 1.82) is 0 Å². The van der Waals surface area contributed by atoms with Crippen LogP contribution in [0.1, 0.15) is 37.8 Å². The van der Waals surface area contributed by atoms with E-state index in [1.165, 1.54) is 29.2 Å². The Morgan fingerprint density at radius 2 is 1.56 bits per heavy atom. The number of nitrogens with zero attached hydrogens (tertiary/aromatic N) is 2. The minimum absolute atomic E-state index is 0.0245. The number of benzene rings is 4. The summed E-state index contributed by atoms with van der Waals surface area (Å²) in [5.41, 5.74) is 1.75. The number of amides is 2. The van der Waals surface area contributed by atoms with Crippen LogP contribution < -0.4 is 19.1 Å². The molecule has 4 aromatic rings. The lowest BCUT2D eigenvalue weighted by atomic mass is 10.0. The fourth-order valence-corrected chi connectivity index (χ4v) is 6.77. The number of nitrogens with one attached hydrogen (secondary N) is 1. The maximum atomic E-state index is 14.7. The normalized spacial score (nSPS) is 11.8.